The van der Waals surface area contributed by atoms with E-state index in [2.05, 4.69) is 10.6 Å². The van der Waals surface area contributed by atoms with Gasteiger partial charge in [0.1, 0.15) is 12.1 Å². The average molecular weight is 451 g/mol. The van der Waals surface area contributed by atoms with Crippen molar-refractivity contribution in [2.75, 3.05) is 25.7 Å². The monoisotopic (exact) mass is 450 g/mol. The van der Waals surface area contributed by atoms with Crippen molar-refractivity contribution < 1.29 is 28.7 Å². The fourth-order valence-electron chi connectivity index (χ4n) is 2.39. The van der Waals surface area contributed by atoms with E-state index in [9.17, 15) is 19.2 Å². The van der Waals surface area contributed by atoms with Gasteiger partial charge in [-0.15, -0.1) is 0 Å². The molecule has 0 bridgehead atoms. The van der Waals surface area contributed by atoms with Crippen LogP contribution in [0.1, 0.15) is 0 Å². The Morgan fingerprint density at radius 1 is 0.733 bits per heavy atom. The maximum absolute atomic E-state index is 12.2. The molecule has 10 heteroatoms. The topological polar surface area (TPSA) is 111 Å². The Labute approximate surface area is 185 Å². The van der Waals surface area contributed by atoms with E-state index in [1.54, 1.807) is 51.4 Å². The predicted molar refractivity (Wildman–Crippen MR) is 114 cm³/mol. The lowest BCUT2D eigenvalue weighted by atomic mass is 10.1. The molecule has 0 unspecified atom stereocenters. The summed E-state index contributed by atoms with van der Waals surface area (Å²) in [5.41, 5.74) is 0. The number of ether oxygens (including phenoxy) is 2. The molecule has 0 aliphatic heterocycles. The fourth-order valence-corrected chi connectivity index (χ4v) is 4.69. The zero-order valence-electron chi connectivity index (χ0n) is 16.5. The van der Waals surface area contributed by atoms with Crippen molar-refractivity contribution in [3.8, 4) is 0 Å². The Hall–Kier alpha value is -1.42. The first-order chi connectivity index (χ1) is 14.5. The molecule has 8 nitrogen and oxygen atoms in total. The standard InChI is InChI=1S/C20H22N2O6S2/c1-27-19(25)15(21-17(23)13-7-3-4-8-13)11-29-30-12-16(20(26)28-2)22-18(24)14-9-5-6-10-14/h3-10,15-16H,11-12H2,1-2H3,(H,21,23)(H,22,24)/t15-,16-/m0/s1. The lowest BCUT2D eigenvalue weighted by Crippen LogP contribution is -2.45. The maximum atomic E-state index is 12.2. The van der Waals surface area contributed by atoms with Crippen molar-refractivity contribution in [1.82, 2.24) is 10.6 Å². The lowest BCUT2D eigenvalue weighted by molar-refractivity contribution is -0.144. The van der Waals surface area contributed by atoms with E-state index < -0.39 is 24.0 Å². The summed E-state index contributed by atoms with van der Waals surface area (Å²) in [5.74, 6) is -0.576. The van der Waals surface area contributed by atoms with Gasteiger partial charge in [-0.3, -0.25) is 9.59 Å². The number of carbonyl (C=O) groups excluding carboxylic acids is 4. The summed E-state index contributed by atoms with van der Waals surface area (Å²) in [6, 6.07) is -1.71. The van der Waals surface area contributed by atoms with Crippen LogP contribution < -0.4 is 10.6 Å². The van der Waals surface area contributed by atoms with Gasteiger partial charge in [-0.2, -0.15) is 0 Å². The van der Waals surface area contributed by atoms with Crippen LogP contribution in [0.4, 0.5) is 0 Å². The van der Waals surface area contributed by atoms with Crippen LogP contribution in [-0.4, -0.2) is 61.6 Å². The second-order valence-corrected chi connectivity index (χ2v) is 8.57. The number of amides is 2. The number of rotatable bonds is 11. The zero-order valence-corrected chi connectivity index (χ0v) is 18.1. The minimum atomic E-state index is -0.856. The molecule has 30 heavy (non-hydrogen) atoms. The second-order valence-electron chi connectivity index (χ2n) is 6.01. The molecule has 0 aromatic heterocycles. The molecule has 0 saturated heterocycles. The highest BCUT2D eigenvalue weighted by atomic mass is 33.1. The highest BCUT2D eigenvalue weighted by Crippen LogP contribution is 2.27. The van der Waals surface area contributed by atoms with Crippen LogP contribution in [0, 0.1) is 63.2 Å². The molecule has 0 heterocycles. The molecule has 2 aliphatic carbocycles. The van der Waals surface area contributed by atoms with Crippen molar-refractivity contribution in [1.29, 1.82) is 0 Å². The number of carbonyl (C=O) groups is 4. The predicted octanol–water partition coefficient (Wildman–Crippen LogP) is 0.494. The molecule has 2 saturated carbocycles. The van der Waals surface area contributed by atoms with Gasteiger partial charge in [0.15, 0.2) is 0 Å². The van der Waals surface area contributed by atoms with Crippen LogP contribution in [0.3, 0.4) is 0 Å². The molecular formula is C20H22N2O6S2. The van der Waals surface area contributed by atoms with Crippen molar-refractivity contribution >= 4 is 45.3 Å². The van der Waals surface area contributed by atoms with Crippen molar-refractivity contribution in [3.05, 3.63) is 63.2 Å². The molecule has 2 aliphatic rings. The molecule has 2 fully saturated rings. The fraction of sp³-hybridized carbons (Fsp3) is 0.300. The summed E-state index contributed by atoms with van der Waals surface area (Å²) in [7, 11) is 5.02. The highest BCUT2D eigenvalue weighted by molar-refractivity contribution is 8.76. The Balaban J connectivity index is 1.80. The van der Waals surface area contributed by atoms with Gasteiger partial charge < -0.3 is 20.1 Å². The first-order valence-corrected chi connectivity index (χ1v) is 11.4. The van der Waals surface area contributed by atoms with Gasteiger partial charge in [-0.25, -0.2) is 9.59 Å². The van der Waals surface area contributed by atoms with Crippen molar-refractivity contribution in [2.45, 2.75) is 12.1 Å². The zero-order chi connectivity index (χ0) is 21.9. The van der Waals surface area contributed by atoms with Crippen LogP contribution in [-0.2, 0) is 28.7 Å². The van der Waals surface area contributed by atoms with E-state index in [-0.39, 0.29) is 23.3 Å². The van der Waals surface area contributed by atoms with Gasteiger partial charge in [0, 0.05) is 11.5 Å². The molecule has 2 N–H and O–H groups in total. The number of hydrogen-bond donors (Lipinski definition) is 2. The van der Waals surface area contributed by atoms with Crippen LogP contribution in [0.15, 0.2) is 0 Å². The molecule has 2 atom stereocenters. The minimum Gasteiger partial charge on any atom is -0.467 e. The summed E-state index contributed by atoms with van der Waals surface area (Å²) < 4.78 is 9.50. The minimum absolute atomic E-state index is 0.217. The van der Waals surface area contributed by atoms with E-state index in [0.29, 0.717) is 11.8 Å². The van der Waals surface area contributed by atoms with E-state index in [4.69, 9.17) is 9.47 Å². The van der Waals surface area contributed by atoms with E-state index in [1.807, 2.05) is 0 Å². The first-order valence-electron chi connectivity index (χ1n) is 8.91. The normalized spacial score (nSPS) is 19.1. The summed E-state index contributed by atoms with van der Waals surface area (Å²) in [6.45, 7) is 0. The highest BCUT2D eigenvalue weighted by Gasteiger charge is 2.31. The lowest BCUT2D eigenvalue weighted by Gasteiger charge is -2.19. The molecule has 0 aromatic rings. The van der Waals surface area contributed by atoms with Crippen LogP contribution in [0.25, 0.3) is 0 Å². The largest absolute Gasteiger partial charge is 0.467 e. The third-order valence-corrected chi connectivity index (χ3v) is 6.41. The summed E-state index contributed by atoms with van der Waals surface area (Å²) in [6.07, 6.45) is 13.5. The summed E-state index contributed by atoms with van der Waals surface area (Å²) >= 11 is 0. The number of nitrogens with one attached hydrogen (secondary N) is 2. The number of esters is 2. The maximum Gasteiger partial charge on any atom is 0.329 e. The molecule has 0 aromatic carbocycles. The summed E-state index contributed by atoms with van der Waals surface area (Å²) in [5, 5.41) is 5.27. The number of hydrogen-bond acceptors (Lipinski definition) is 8. The molecule has 160 valence electrons. The molecule has 10 radical (unpaired) electrons. The van der Waals surface area contributed by atoms with Gasteiger partial charge >= 0.3 is 11.9 Å². The van der Waals surface area contributed by atoms with Crippen molar-refractivity contribution in [2.24, 2.45) is 0 Å². The average Bonchev–Trinajstić information content (AvgIpc) is 3.47. The Morgan fingerprint density at radius 3 is 1.37 bits per heavy atom. The van der Waals surface area contributed by atoms with Crippen LogP contribution in [0.2, 0.25) is 0 Å². The van der Waals surface area contributed by atoms with E-state index in [1.165, 1.54) is 35.8 Å². The quantitative estimate of drug-likeness (QED) is 0.266. The second kappa shape index (κ2) is 13.1. The first kappa shape index (κ1) is 24.8. The summed E-state index contributed by atoms with van der Waals surface area (Å²) in [4.78, 5) is 48.4. The smallest absolute Gasteiger partial charge is 0.329 e. The van der Waals surface area contributed by atoms with Crippen LogP contribution in [0.5, 0.6) is 0 Å². The number of methoxy groups -OCH3 is 2. The SMILES string of the molecule is COC(=O)[C@H](CSSC[C@H](NC(=O)[C]1[CH][CH][CH][CH]1)C(=O)OC)NC(=O)[C]1[CH][CH][CH][CH]1. The van der Waals surface area contributed by atoms with Gasteiger partial charge in [0.2, 0.25) is 11.8 Å². The van der Waals surface area contributed by atoms with Crippen molar-refractivity contribution in [3.63, 3.8) is 0 Å². The molecular weight excluding hydrogens is 428 g/mol. The van der Waals surface area contributed by atoms with Gasteiger partial charge in [-0.05, 0) is 51.4 Å². The van der Waals surface area contributed by atoms with Crippen LogP contribution >= 0.6 is 21.6 Å². The van der Waals surface area contributed by atoms with E-state index in [0.717, 1.165) is 0 Å². The van der Waals surface area contributed by atoms with E-state index >= 15 is 0 Å². The Kier molecular flexibility index (Phi) is 10.8. The molecule has 2 rings (SSSR count). The van der Waals surface area contributed by atoms with Gasteiger partial charge in [0.05, 0.1) is 26.1 Å². The third-order valence-electron chi connectivity index (χ3n) is 3.98. The van der Waals surface area contributed by atoms with Gasteiger partial charge in [-0.1, -0.05) is 21.6 Å². The Morgan fingerprint density at radius 2 is 1.07 bits per heavy atom. The molecule has 0 spiro atoms. The third kappa shape index (κ3) is 7.68. The van der Waals surface area contributed by atoms with Gasteiger partial charge in [0.25, 0.3) is 0 Å². The Bertz CT molecular complexity index is 554. The molecule has 2 amide bonds.